The van der Waals surface area contributed by atoms with Crippen molar-refractivity contribution >= 4 is 17.8 Å². The number of amides is 1. The van der Waals surface area contributed by atoms with Gasteiger partial charge < -0.3 is 26.0 Å². The van der Waals surface area contributed by atoms with Crippen LogP contribution in [0.25, 0.3) is 0 Å². The fourth-order valence-corrected chi connectivity index (χ4v) is 0.818. The number of carboxylic acids is 2. The Bertz CT molecular complexity index is 267. The zero-order valence-corrected chi connectivity index (χ0v) is 8.51. The molecule has 0 heterocycles. The Kier molecular flexibility index (Phi) is 6.81. The number of hydrogen-bond acceptors (Lipinski definition) is 5. The summed E-state index contributed by atoms with van der Waals surface area (Å²) < 4.78 is 4.63. The second-order valence-electron chi connectivity index (χ2n) is 2.94. The van der Waals surface area contributed by atoms with Gasteiger partial charge in [0.15, 0.2) is 0 Å². The van der Waals surface area contributed by atoms with Crippen LogP contribution in [-0.4, -0.2) is 53.9 Å². The molecule has 1 amide bonds. The second kappa shape index (κ2) is 7.60. The van der Waals surface area contributed by atoms with E-state index < -0.39 is 36.9 Å². The summed E-state index contributed by atoms with van der Waals surface area (Å²) in [5.74, 6) is -2.87. The highest BCUT2D eigenvalue weighted by molar-refractivity contribution is 5.85. The lowest BCUT2D eigenvalue weighted by molar-refractivity contribution is -0.142. The van der Waals surface area contributed by atoms with Gasteiger partial charge in [0.25, 0.3) is 0 Å². The van der Waals surface area contributed by atoms with Gasteiger partial charge in [0.1, 0.15) is 6.61 Å². The molecule has 0 aliphatic carbocycles. The smallest absolute Gasteiger partial charge is 0.329 e. The van der Waals surface area contributed by atoms with Crippen LogP contribution in [0.15, 0.2) is 0 Å². The number of carboxylic acid groups (broad SMARTS) is 2. The minimum absolute atomic E-state index is 0.0256. The Balaban J connectivity index is 3.57. The summed E-state index contributed by atoms with van der Waals surface area (Å²) in [5.41, 5.74) is 5.25. The van der Waals surface area contributed by atoms with Gasteiger partial charge in [-0.05, 0) is 0 Å². The summed E-state index contributed by atoms with van der Waals surface area (Å²) in [5, 5.41) is 18.9. The third kappa shape index (κ3) is 7.71. The van der Waals surface area contributed by atoms with Crippen molar-refractivity contribution in [3.8, 4) is 0 Å². The first kappa shape index (κ1) is 14.3. The average Bonchev–Trinajstić information content (AvgIpc) is 2.15. The molecule has 0 aromatic carbocycles. The number of carbonyl (C=O) groups is 3. The van der Waals surface area contributed by atoms with E-state index in [0.717, 1.165) is 0 Å². The van der Waals surface area contributed by atoms with Crippen molar-refractivity contribution in [3.63, 3.8) is 0 Å². The normalized spacial score (nSPS) is 11.8. The fraction of sp³-hybridized carbons (Fsp3) is 0.625. The standard InChI is InChI=1S/C8H14N2O6/c9-5(3-6(11)12)8(15)10-1-2-16-4-7(13)14/h5H,1-4,9H2,(H,10,15)(H,11,12)(H,13,14). The van der Waals surface area contributed by atoms with Crippen LogP contribution < -0.4 is 11.1 Å². The highest BCUT2D eigenvalue weighted by Gasteiger charge is 2.16. The maximum Gasteiger partial charge on any atom is 0.329 e. The Hall–Kier alpha value is -1.67. The monoisotopic (exact) mass is 234 g/mol. The summed E-state index contributed by atoms with van der Waals surface area (Å²) in [6.45, 7) is -0.339. The predicted octanol–water partition coefficient (Wildman–Crippen LogP) is -1.99. The molecule has 0 fully saturated rings. The van der Waals surface area contributed by atoms with Gasteiger partial charge in [-0.3, -0.25) is 9.59 Å². The van der Waals surface area contributed by atoms with Crippen LogP contribution in [-0.2, 0) is 19.1 Å². The highest BCUT2D eigenvalue weighted by atomic mass is 16.5. The Morgan fingerprint density at radius 2 is 1.88 bits per heavy atom. The molecule has 8 heteroatoms. The van der Waals surface area contributed by atoms with Gasteiger partial charge in [-0.2, -0.15) is 0 Å². The van der Waals surface area contributed by atoms with Crippen LogP contribution in [0, 0.1) is 0 Å². The Morgan fingerprint density at radius 1 is 1.25 bits per heavy atom. The Labute approximate surface area is 91.4 Å². The first-order valence-electron chi connectivity index (χ1n) is 4.48. The van der Waals surface area contributed by atoms with E-state index in [1.165, 1.54) is 0 Å². The van der Waals surface area contributed by atoms with Gasteiger partial charge in [0.2, 0.25) is 5.91 Å². The number of nitrogens with two attached hydrogens (primary N) is 1. The summed E-state index contributed by atoms with van der Waals surface area (Å²) in [6.07, 6.45) is -0.457. The van der Waals surface area contributed by atoms with Crippen LogP contribution in [0.3, 0.4) is 0 Å². The molecule has 8 nitrogen and oxygen atoms in total. The van der Waals surface area contributed by atoms with Crippen molar-refractivity contribution in [2.75, 3.05) is 19.8 Å². The van der Waals surface area contributed by atoms with Crippen molar-refractivity contribution in [1.29, 1.82) is 0 Å². The van der Waals surface area contributed by atoms with Crippen molar-refractivity contribution in [3.05, 3.63) is 0 Å². The maximum absolute atomic E-state index is 11.1. The van der Waals surface area contributed by atoms with Crippen LogP contribution in [0.4, 0.5) is 0 Å². The largest absolute Gasteiger partial charge is 0.481 e. The van der Waals surface area contributed by atoms with Crippen molar-refractivity contribution in [2.45, 2.75) is 12.5 Å². The lowest BCUT2D eigenvalue weighted by atomic mass is 10.2. The van der Waals surface area contributed by atoms with E-state index in [-0.39, 0.29) is 13.2 Å². The summed E-state index contributed by atoms with van der Waals surface area (Å²) in [4.78, 5) is 31.3. The number of ether oxygens (including phenoxy) is 1. The van der Waals surface area contributed by atoms with Gasteiger partial charge in [0.05, 0.1) is 19.1 Å². The molecule has 16 heavy (non-hydrogen) atoms. The van der Waals surface area contributed by atoms with Crippen molar-refractivity contribution in [1.82, 2.24) is 5.32 Å². The zero-order chi connectivity index (χ0) is 12.6. The highest BCUT2D eigenvalue weighted by Crippen LogP contribution is 1.87. The molecule has 5 N–H and O–H groups in total. The molecule has 0 spiro atoms. The van der Waals surface area contributed by atoms with Crippen molar-refractivity contribution in [2.24, 2.45) is 5.73 Å². The minimum Gasteiger partial charge on any atom is -0.481 e. The number of rotatable bonds is 8. The van der Waals surface area contributed by atoms with E-state index in [2.05, 4.69) is 10.1 Å². The molecule has 0 saturated carbocycles. The van der Waals surface area contributed by atoms with E-state index in [0.29, 0.717) is 0 Å². The molecule has 0 radical (unpaired) electrons. The summed E-state index contributed by atoms with van der Waals surface area (Å²) >= 11 is 0. The van der Waals surface area contributed by atoms with Gasteiger partial charge in [-0.1, -0.05) is 0 Å². The molecule has 0 rings (SSSR count). The molecule has 92 valence electrons. The molecule has 1 atom stereocenters. The number of nitrogens with one attached hydrogen (secondary N) is 1. The van der Waals surface area contributed by atoms with E-state index in [1.807, 2.05) is 0 Å². The van der Waals surface area contributed by atoms with Crippen LogP contribution >= 0.6 is 0 Å². The van der Waals surface area contributed by atoms with E-state index >= 15 is 0 Å². The SMILES string of the molecule is NC(CC(=O)O)C(=O)NCCOCC(=O)O. The molecule has 0 aromatic rings. The fourth-order valence-electron chi connectivity index (χ4n) is 0.818. The average molecular weight is 234 g/mol. The molecule has 1 unspecified atom stereocenters. The Morgan fingerprint density at radius 3 is 2.38 bits per heavy atom. The third-order valence-corrected chi connectivity index (χ3v) is 1.50. The second-order valence-corrected chi connectivity index (χ2v) is 2.94. The minimum atomic E-state index is -1.16. The van der Waals surface area contributed by atoms with E-state index in [4.69, 9.17) is 15.9 Å². The first-order valence-corrected chi connectivity index (χ1v) is 4.48. The quantitative estimate of drug-likeness (QED) is 0.356. The van der Waals surface area contributed by atoms with Crippen LogP contribution in [0.2, 0.25) is 0 Å². The van der Waals surface area contributed by atoms with Crippen LogP contribution in [0.1, 0.15) is 6.42 Å². The summed E-state index contributed by atoms with van der Waals surface area (Å²) in [7, 11) is 0. The summed E-state index contributed by atoms with van der Waals surface area (Å²) in [6, 6.07) is -1.11. The molecular formula is C8H14N2O6. The van der Waals surface area contributed by atoms with Crippen LogP contribution in [0.5, 0.6) is 0 Å². The number of carbonyl (C=O) groups excluding carboxylic acids is 1. The van der Waals surface area contributed by atoms with Gasteiger partial charge in [-0.15, -0.1) is 0 Å². The zero-order valence-electron chi connectivity index (χ0n) is 8.51. The van der Waals surface area contributed by atoms with Crippen molar-refractivity contribution < 1.29 is 29.3 Å². The molecule has 0 aliphatic heterocycles. The van der Waals surface area contributed by atoms with Gasteiger partial charge in [-0.25, -0.2) is 4.79 Å². The molecule has 0 saturated heterocycles. The molecule has 0 aromatic heterocycles. The topological polar surface area (TPSA) is 139 Å². The van der Waals surface area contributed by atoms with Gasteiger partial charge >= 0.3 is 11.9 Å². The van der Waals surface area contributed by atoms with E-state index in [1.54, 1.807) is 0 Å². The van der Waals surface area contributed by atoms with Gasteiger partial charge in [0, 0.05) is 6.54 Å². The lowest BCUT2D eigenvalue weighted by Crippen LogP contribution is -2.43. The molecule has 0 bridgehead atoms. The number of hydrogen-bond donors (Lipinski definition) is 4. The number of aliphatic carboxylic acids is 2. The molecular weight excluding hydrogens is 220 g/mol. The molecule has 0 aliphatic rings. The lowest BCUT2D eigenvalue weighted by Gasteiger charge is -2.09. The predicted molar refractivity (Wildman–Crippen MR) is 51.7 cm³/mol. The maximum atomic E-state index is 11.1. The third-order valence-electron chi connectivity index (χ3n) is 1.50. The van der Waals surface area contributed by atoms with E-state index in [9.17, 15) is 14.4 Å². The first-order chi connectivity index (χ1) is 7.43.